The molecule has 1 fully saturated rings. The molecule has 2 aliphatic rings. The molecule has 23 nitrogen and oxygen atoms in total. The first kappa shape index (κ1) is 46.5. The number of nitrogens with zero attached hydrogens (tertiary/aromatic N) is 10. The van der Waals surface area contributed by atoms with Gasteiger partial charge in [0.1, 0.15) is 22.7 Å². The Morgan fingerprint density at radius 3 is 2.13 bits per heavy atom. The number of rotatable bonds is 18. The number of imidazole rings is 2. The molecule has 6 heterocycles. The zero-order valence-corrected chi connectivity index (χ0v) is 38.3. The van der Waals surface area contributed by atoms with Gasteiger partial charge in [0.2, 0.25) is 33.7 Å². The van der Waals surface area contributed by atoms with Crippen molar-refractivity contribution < 1.29 is 41.9 Å². The number of nitrogens with one attached hydrogen (secondary N) is 2. The number of aromatic nitrogens is 8. The fourth-order valence-corrected chi connectivity index (χ4v) is 8.65. The van der Waals surface area contributed by atoms with Gasteiger partial charge in [0.25, 0.3) is 23.6 Å². The third-order valence-electron chi connectivity index (χ3n) is 11.5. The second-order valence-electron chi connectivity index (χ2n) is 16.4. The van der Waals surface area contributed by atoms with Crippen LogP contribution in [0.2, 0.25) is 0 Å². The lowest BCUT2D eigenvalue weighted by molar-refractivity contribution is -0.140. The number of primary sulfonamides is 1. The van der Waals surface area contributed by atoms with Crippen LogP contribution < -0.4 is 26.2 Å². The van der Waals surface area contributed by atoms with Gasteiger partial charge in [-0.25, -0.2) is 23.5 Å². The SMILES string of the molecule is CCn1nc(C)cc1C(=O)Nc1nc2cc(S(N)(=O)=O)ccc2n1CC=CCn1c(NC(=O)c2cc(C)nn2C)nc2cc(C(N)=O)cc(OCCC3CN(C(=O)CCN4C(=O)C=CC4=O)C3)c21. The van der Waals surface area contributed by atoms with E-state index in [1.54, 1.807) is 70.0 Å². The maximum absolute atomic E-state index is 13.7. The summed E-state index contributed by atoms with van der Waals surface area (Å²) in [5, 5.41) is 19.8. The molecule has 0 bridgehead atoms. The maximum atomic E-state index is 13.7. The van der Waals surface area contributed by atoms with Crippen molar-refractivity contribution >= 4 is 79.4 Å². The van der Waals surface area contributed by atoms with E-state index in [1.807, 2.05) is 6.92 Å². The molecule has 354 valence electrons. The van der Waals surface area contributed by atoms with Crippen LogP contribution in [0.25, 0.3) is 22.1 Å². The highest BCUT2D eigenvalue weighted by Crippen LogP contribution is 2.32. The average Bonchev–Trinajstić information content (AvgIpc) is 4.08. The van der Waals surface area contributed by atoms with E-state index in [1.165, 1.54) is 41.1 Å². The molecule has 0 aliphatic carbocycles. The summed E-state index contributed by atoms with van der Waals surface area (Å²) in [5.74, 6) is -2.20. The number of fused-ring (bicyclic) bond motifs is 2. The van der Waals surface area contributed by atoms with Crippen molar-refractivity contribution in [3.05, 3.63) is 95.1 Å². The summed E-state index contributed by atoms with van der Waals surface area (Å²) in [6.07, 6.45) is 6.48. The van der Waals surface area contributed by atoms with Crippen LogP contribution in [0.1, 0.15) is 62.5 Å². The Morgan fingerprint density at radius 2 is 1.49 bits per heavy atom. The van der Waals surface area contributed by atoms with Gasteiger partial charge in [0.15, 0.2) is 0 Å². The van der Waals surface area contributed by atoms with Gasteiger partial charge in [-0.05, 0) is 75.6 Å². The Kier molecular flexibility index (Phi) is 12.8. The van der Waals surface area contributed by atoms with Gasteiger partial charge in [0, 0.05) is 70.5 Å². The van der Waals surface area contributed by atoms with Crippen LogP contribution in [0.15, 0.2) is 71.7 Å². The molecule has 6 amide bonds. The first-order valence-corrected chi connectivity index (χ1v) is 23.1. The molecular formula is C44H48N14O9S. The summed E-state index contributed by atoms with van der Waals surface area (Å²) in [4.78, 5) is 88.3. The standard InChI is InChI=1S/C44H48N14O9S/c1-5-58-34(19-26(3)52-58)42(64)50-43-47-30-22-29(68(46,65)66)8-9-32(30)55(43)14-6-7-15-57-39-31(48-44(57)49-41(63)33-18-25(2)51-53(33)4)20-28(40(45)62)21-35(39)67-17-13-27-23-54(24-27)36(59)12-16-56-37(60)10-11-38(56)61/h6-11,18-22,27H,5,12-17,23-24H2,1-4H3,(H2,45,62)(H2,46,65,66)(H,47,50,64)(H,48,49,63). The fraction of sp³-hybridized carbons (Fsp3) is 0.318. The molecule has 0 spiro atoms. The molecule has 4 aromatic heterocycles. The van der Waals surface area contributed by atoms with Gasteiger partial charge in [-0.15, -0.1) is 0 Å². The van der Waals surface area contributed by atoms with Crippen molar-refractivity contribution in [2.75, 3.05) is 36.9 Å². The molecule has 0 saturated carbocycles. The first-order valence-electron chi connectivity index (χ1n) is 21.5. The van der Waals surface area contributed by atoms with Crippen molar-refractivity contribution in [1.29, 1.82) is 0 Å². The van der Waals surface area contributed by atoms with Crippen LogP contribution in [0.4, 0.5) is 11.9 Å². The second kappa shape index (κ2) is 18.7. The van der Waals surface area contributed by atoms with E-state index >= 15 is 0 Å². The molecule has 0 radical (unpaired) electrons. The molecule has 6 aromatic rings. The van der Waals surface area contributed by atoms with Crippen LogP contribution in [0, 0.1) is 19.8 Å². The smallest absolute Gasteiger partial charge is 0.276 e. The van der Waals surface area contributed by atoms with Crippen molar-refractivity contribution in [2.45, 2.75) is 58.1 Å². The van der Waals surface area contributed by atoms with Crippen molar-refractivity contribution in [2.24, 2.45) is 23.8 Å². The highest BCUT2D eigenvalue weighted by Gasteiger charge is 2.32. The highest BCUT2D eigenvalue weighted by molar-refractivity contribution is 7.89. The number of amides is 6. The minimum Gasteiger partial charge on any atom is -0.491 e. The van der Waals surface area contributed by atoms with Crippen molar-refractivity contribution in [3.8, 4) is 5.75 Å². The van der Waals surface area contributed by atoms with E-state index < -0.39 is 39.6 Å². The Balaban J connectivity index is 1.06. The Labute approximate surface area is 388 Å². The lowest BCUT2D eigenvalue weighted by atomic mass is 9.96. The van der Waals surface area contributed by atoms with Gasteiger partial charge in [-0.3, -0.25) is 53.7 Å². The number of primary amides is 1. The van der Waals surface area contributed by atoms with Gasteiger partial charge in [0.05, 0.1) is 39.4 Å². The predicted octanol–water partition coefficient (Wildman–Crippen LogP) is 2.00. The van der Waals surface area contributed by atoms with E-state index in [2.05, 4.69) is 25.8 Å². The minimum atomic E-state index is -4.07. The number of carbonyl (C=O) groups is 6. The Morgan fingerprint density at radius 1 is 0.853 bits per heavy atom. The Bertz CT molecular complexity index is 3210. The maximum Gasteiger partial charge on any atom is 0.276 e. The highest BCUT2D eigenvalue weighted by atomic mass is 32.2. The fourth-order valence-electron chi connectivity index (χ4n) is 8.11. The van der Waals surface area contributed by atoms with E-state index in [4.69, 9.17) is 20.6 Å². The normalized spacial score (nSPS) is 14.2. The predicted molar refractivity (Wildman–Crippen MR) is 246 cm³/mol. The quantitative estimate of drug-likeness (QED) is 0.0709. The summed E-state index contributed by atoms with van der Waals surface area (Å²) in [6, 6.07) is 10.5. The number of hydrogen-bond acceptors (Lipinski definition) is 13. The van der Waals surface area contributed by atoms with E-state index in [0.717, 1.165) is 4.90 Å². The van der Waals surface area contributed by atoms with Crippen LogP contribution in [-0.4, -0.2) is 119 Å². The van der Waals surface area contributed by atoms with Gasteiger partial charge >= 0.3 is 0 Å². The number of sulfonamides is 1. The zero-order valence-electron chi connectivity index (χ0n) is 37.5. The van der Waals surface area contributed by atoms with Crippen LogP contribution >= 0.6 is 0 Å². The van der Waals surface area contributed by atoms with Crippen LogP contribution in [0.5, 0.6) is 5.75 Å². The molecule has 24 heteroatoms. The van der Waals surface area contributed by atoms with Gasteiger partial charge < -0.3 is 24.5 Å². The minimum absolute atomic E-state index is 0.00357. The largest absolute Gasteiger partial charge is 0.491 e. The second-order valence-corrected chi connectivity index (χ2v) is 17.9. The van der Waals surface area contributed by atoms with E-state index in [-0.39, 0.29) is 83.8 Å². The summed E-state index contributed by atoms with van der Waals surface area (Å²) in [5.41, 5.74) is 9.18. The number of likely N-dealkylation sites (tertiary alicyclic amines) is 1. The number of benzene rings is 2. The first-order chi connectivity index (χ1) is 32.4. The van der Waals surface area contributed by atoms with E-state index in [9.17, 15) is 37.2 Å². The molecule has 6 N–H and O–H groups in total. The van der Waals surface area contributed by atoms with Crippen LogP contribution in [0.3, 0.4) is 0 Å². The zero-order chi connectivity index (χ0) is 48.6. The molecule has 8 rings (SSSR count). The number of anilines is 2. The van der Waals surface area contributed by atoms with Crippen molar-refractivity contribution in [3.63, 3.8) is 0 Å². The molecular weight excluding hydrogens is 901 g/mol. The molecule has 1 saturated heterocycles. The summed E-state index contributed by atoms with van der Waals surface area (Å²) >= 11 is 0. The molecule has 2 aliphatic heterocycles. The number of allylic oxidation sites excluding steroid dienone is 2. The van der Waals surface area contributed by atoms with Crippen molar-refractivity contribution in [1.82, 2.24) is 48.5 Å². The summed E-state index contributed by atoms with van der Waals surface area (Å²) < 4.78 is 37.2. The molecule has 2 aromatic carbocycles. The third-order valence-corrected chi connectivity index (χ3v) is 12.5. The average molecular weight is 949 g/mol. The number of nitrogens with two attached hydrogens (primary N) is 2. The van der Waals surface area contributed by atoms with Gasteiger partial charge in [-0.2, -0.15) is 10.2 Å². The number of hydrogen-bond donors (Lipinski definition) is 4. The summed E-state index contributed by atoms with van der Waals surface area (Å²) in [6.45, 7) is 7.13. The monoisotopic (exact) mass is 948 g/mol. The number of imide groups is 1. The third kappa shape index (κ3) is 9.62. The topological polar surface area (TPSA) is 300 Å². The number of ether oxygens (including phenoxy) is 1. The van der Waals surface area contributed by atoms with Gasteiger partial charge in [-0.1, -0.05) is 12.2 Å². The molecule has 0 unspecified atom stereocenters. The van der Waals surface area contributed by atoms with Crippen LogP contribution in [-0.2, 0) is 51.1 Å². The number of aryl methyl sites for hydroxylation is 4. The lowest BCUT2D eigenvalue weighted by Crippen LogP contribution is -2.51. The van der Waals surface area contributed by atoms with E-state index in [0.29, 0.717) is 59.7 Å². The lowest BCUT2D eigenvalue weighted by Gasteiger charge is -2.39. The number of carbonyl (C=O) groups excluding carboxylic acids is 6. The molecule has 0 atom stereocenters. The Hall–Kier alpha value is -7.99. The molecule has 68 heavy (non-hydrogen) atoms. The summed E-state index contributed by atoms with van der Waals surface area (Å²) in [7, 11) is -2.44.